The van der Waals surface area contributed by atoms with Crippen LogP contribution in [0.2, 0.25) is 0 Å². The van der Waals surface area contributed by atoms with Crippen LogP contribution < -0.4 is 5.32 Å². The molecule has 0 unspecified atom stereocenters. The molecule has 0 aliphatic rings. The van der Waals surface area contributed by atoms with Gasteiger partial charge in [-0.2, -0.15) is 0 Å². The Labute approximate surface area is 110 Å². The molecule has 1 aromatic rings. The highest BCUT2D eigenvalue weighted by atomic mass is 32.2. The van der Waals surface area contributed by atoms with Crippen molar-refractivity contribution >= 4 is 21.7 Å². The summed E-state index contributed by atoms with van der Waals surface area (Å²) in [5.41, 5.74) is -0.0185. The van der Waals surface area contributed by atoms with Crippen molar-refractivity contribution in [2.45, 2.75) is 4.90 Å². The van der Waals surface area contributed by atoms with E-state index in [1.807, 2.05) is 0 Å². The summed E-state index contributed by atoms with van der Waals surface area (Å²) in [6, 6.07) is 4.69. The Morgan fingerprint density at radius 1 is 1.26 bits per heavy atom. The van der Waals surface area contributed by atoms with Gasteiger partial charge in [-0.15, -0.1) is 6.58 Å². The molecule has 0 atom stereocenters. The lowest BCUT2D eigenvalue weighted by Crippen LogP contribution is -2.30. The number of sulfone groups is 1. The summed E-state index contributed by atoms with van der Waals surface area (Å²) in [5.74, 6) is -2.47. The number of hydrogen-bond donors (Lipinski definition) is 2. The van der Waals surface area contributed by atoms with Gasteiger partial charge in [-0.25, -0.2) is 13.2 Å². The smallest absolute Gasteiger partial charge is 0.335 e. The van der Waals surface area contributed by atoms with Crippen molar-refractivity contribution in [3.63, 3.8) is 0 Å². The summed E-state index contributed by atoms with van der Waals surface area (Å²) >= 11 is 0. The maximum atomic E-state index is 11.9. The van der Waals surface area contributed by atoms with Crippen molar-refractivity contribution in [1.82, 2.24) is 5.32 Å². The normalized spacial score (nSPS) is 10.7. The molecule has 19 heavy (non-hydrogen) atoms. The molecule has 0 heterocycles. The lowest BCUT2D eigenvalue weighted by Gasteiger charge is -2.05. The third-order valence-corrected chi connectivity index (χ3v) is 3.86. The van der Waals surface area contributed by atoms with Crippen LogP contribution in [0.15, 0.2) is 41.8 Å². The third-order valence-electron chi connectivity index (χ3n) is 2.23. The Morgan fingerprint density at radius 2 is 1.84 bits per heavy atom. The predicted octanol–water partition coefficient (Wildman–Crippen LogP) is 0.461. The summed E-state index contributed by atoms with van der Waals surface area (Å²) in [6.07, 6.45) is 1.44. The molecule has 0 spiro atoms. The van der Waals surface area contributed by atoms with Crippen LogP contribution in [0, 0.1) is 0 Å². The topological polar surface area (TPSA) is 101 Å². The Balaban J connectivity index is 2.85. The molecule has 0 aliphatic heterocycles. The Bertz CT molecular complexity index is 589. The Morgan fingerprint density at radius 3 is 2.32 bits per heavy atom. The van der Waals surface area contributed by atoms with E-state index < -0.39 is 27.5 Å². The highest BCUT2D eigenvalue weighted by Crippen LogP contribution is 2.12. The summed E-state index contributed by atoms with van der Waals surface area (Å²) in [4.78, 5) is 21.9. The van der Waals surface area contributed by atoms with Gasteiger partial charge in [0.25, 0.3) is 0 Å². The van der Waals surface area contributed by atoms with Gasteiger partial charge in [0.2, 0.25) is 5.91 Å². The quantitative estimate of drug-likeness (QED) is 0.739. The number of carbonyl (C=O) groups is 2. The second-order valence-electron chi connectivity index (χ2n) is 3.68. The van der Waals surface area contributed by atoms with Crippen LogP contribution in [0.1, 0.15) is 10.4 Å². The van der Waals surface area contributed by atoms with E-state index in [0.717, 1.165) is 0 Å². The average molecular weight is 283 g/mol. The molecule has 102 valence electrons. The number of carboxylic acid groups (broad SMARTS) is 1. The van der Waals surface area contributed by atoms with Crippen molar-refractivity contribution < 1.29 is 23.1 Å². The van der Waals surface area contributed by atoms with E-state index in [1.165, 1.54) is 30.3 Å². The lowest BCUT2D eigenvalue weighted by atomic mass is 10.2. The largest absolute Gasteiger partial charge is 0.478 e. The first-order valence-electron chi connectivity index (χ1n) is 5.30. The highest BCUT2D eigenvalue weighted by Gasteiger charge is 2.19. The van der Waals surface area contributed by atoms with Gasteiger partial charge >= 0.3 is 5.97 Å². The second kappa shape index (κ2) is 6.14. The molecular weight excluding hydrogens is 270 g/mol. The molecule has 0 aromatic heterocycles. The number of benzene rings is 1. The maximum absolute atomic E-state index is 11.9. The number of carbonyl (C=O) groups excluding carboxylic acids is 1. The van der Waals surface area contributed by atoms with Crippen molar-refractivity contribution in [2.75, 3.05) is 12.3 Å². The number of amides is 1. The maximum Gasteiger partial charge on any atom is 0.335 e. The fraction of sp³-hybridized carbons (Fsp3) is 0.167. The van der Waals surface area contributed by atoms with Gasteiger partial charge in [0.1, 0.15) is 5.75 Å². The minimum atomic E-state index is -3.77. The van der Waals surface area contributed by atoms with E-state index in [9.17, 15) is 18.0 Å². The molecule has 6 nitrogen and oxygen atoms in total. The van der Waals surface area contributed by atoms with Crippen LogP contribution >= 0.6 is 0 Å². The predicted molar refractivity (Wildman–Crippen MR) is 68.7 cm³/mol. The fourth-order valence-electron chi connectivity index (χ4n) is 1.30. The van der Waals surface area contributed by atoms with Crippen molar-refractivity contribution in [1.29, 1.82) is 0 Å². The lowest BCUT2D eigenvalue weighted by molar-refractivity contribution is -0.118. The summed E-state index contributed by atoms with van der Waals surface area (Å²) in [5, 5.41) is 11.1. The molecule has 2 N–H and O–H groups in total. The van der Waals surface area contributed by atoms with Crippen LogP contribution in [0.5, 0.6) is 0 Å². The number of rotatable bonds is 6. The van der Waals surface area contributed by atoms with Gasteiger partial charge in [0.15, 0.2) is 9.84 Å². The number of nitrogens with one attached hydrogen (secondary N) is 1. The average Bonchev–Trinajstić information content (AvgIpc) is 2.36. The van der Waals surface area contributed by atoms with Crippen molar-refractivity contribution in [3.8, 4) is 0 Å². The van der Waals surface area contributed by atoms with Crippen LogP contribution in [0.4, 0.5) is 0 Å². The zero-order valence-corrected chi connectivity index (χ0v) is 10.8. The minimum Gasteiger partial charge on any atom is -0.478 e. The zero-order valence-electron chi connectivity index (χ0n) is 10.00. The molecule has 0 radical (unpaired) electrons. The molecule has 0 bridgehead atoms. The Kier molecular flexibility index (Phi) is 4.82. The standard InChI is InChI=1S/C12H13NO5S/c1-2-7-13-11(14)8-19(17,18)10-5-3-9(4-6-10)12(15)16/h2-6H,1,7-8H2,(H,13,14)(H,15,16). The first kappa shape index (κ1) is 14.9. The fourth-order valence-corrected chi connectivity index (χ4v) is 2.46. The summed E-state index contributed by atoms with van der Waals surface area (Å²) in [6.45, 7) is 3.58. The molecule has 7 heteroatoms. The van der Waals surface area contributed by atoms with Gasteiger partial charge in [-0.05, 0) is 24.3 Å². The van der Waals surface area contributed by atoms with E-state index in [0.29, 0.717) is 0 Å². The van der Waals surface area contributed by atoms with E-state index in [1.54, 1.807) is 0 Å². The summed E-state index contributed by atoms with van der Waals surface area (Å²) < 4.78 is 23.7. The van der Waals surface area contributed by atoms with Crippen molar-refractivity contribution in [2.24, 2.45) is 0 Å². The van der Waals surface area contributed by atoms with E-state index >= 15 is 0 Å². The van der Waals surface area contributed by atoms with Gasteiger partial charge in [-0.1, -0.05) is 6.08 Å². The molecule has 1 amide bonds. The monoisotopic (exact) mass is 283 g/mol. The number of hydrogen-bond acceptors (Lipinski definition) is 4. The van der Waals surface area contributed by atoms with E-state index in [4.69, 9.17) is 5.11 Å². The van der Waals surface area contributed by atoms with Gasteiger partial charge in [-0.3, -0.25) is 4.79 Å². The molecular formula is C12H13NO5S. The van der Waals surface area contributed by atoms with Gasteiger partial charge in [0, 0.05) is 6.54 Å². The van der Waals surface area contributed by atoms with Gasteiger partial charge in [0.05, 0.1) is 10.5 Å². The summed E-state index contributed by atoms with van der Waals surface area (Å²) in [7, 11) is -3.77. The minimum absolute atomic E-state index is 0.0185. The zero-order chi connectivity index (χ0) is 14.5. The molecule has 0 fully saturated rings. The first-order valence-corrected chi connectivity index (χ1v) is 6.96. The van der Waals surface area contributed by atoms with Crippen LogP contribution in [-0.4, -0.2) is 37.7 Å². The first-order chi connectivity index (χ1) is 8.86. The Hall–Kier alpha value is -2.15. The molecule has 0 saturated heterocycles. The molecule has 1 aromatic carbocycles. The number of carboxylic acids is 1. The van der Waals surface area contributed by atoms with Crippen molar-refractivity contribution in [3.05, 3.63) is 42.5 Å². The van der Waals surface area contributed by atoms with Gasteiger partial charge < -0.3 is 10.4 Å². The molecule has 0 aliphatic carbocycles. The highest BCUT2D eigenvalue weighted by molar-refractivity contribution is 7.92. The van der Waals surface area contributed by atoms with E-state index in [2.05, 4.69) is 11.9 Å². The van der Waals surface area contributed by atoms with Crippen LogP contribution in [0.3, 0.4) is 0 Å². The molecule has 0 saturated carbocycles. The SMILES string of the molecule is C=CCNC(=O)CS(=O)(=O)c1ccc(C(=O)O)cc1. The van der Waals surface area contributed by atoms with Crippen LogP contribution in [-0.2, 0) is 14.6 Å². The van der Waals surface area contributed by atoms with Crippen LogP contribution in [0.25, 0.3) is 0 Å². The molecule has 1 rings (SSSR count). The van der Waals surface area contributed by atoms with E-state index in [-0.39, 0.29) is 17.0 Å². The third kappa shape index (κ3) is 4.22. The second-order valence-corrected chi connectivity index (χ2v) is 5.67. The number of aromatic carboxylic acids is 1.